The molecule has 9 atom stereocenters. The molecule has 5 aliphatic rings. The number of hydrogen-bond acceptors (Lipinski definition) is 5. The zero-order valence-corrected chi connectivity index (χ0v) is 23.5. The highest BCUT2D eigenvalue weighted by atomic mass is 16.5. The van der Waals surface area contributed by atoms with Crippen LogP contribution >= 0.6 is 0 Å². The Morgan fingerprint density at radius 3 is 2.54 bits per heavy atom. The number of esters is 1. The third kappa shape index (κ3) is 4.04. The Morgan fingerprint density at radius 1 is 1.16 bits per heavy atom. The second kappa shape index (κ2) is 9.07. The van der Waals surface area contributed by atoms with E-state index >= 15 is 0 Å². The van der Waals surface area contributed by atoms with Gasteiger partial charge in [-0.05, 0) is 97.5 Å². The summed E-state index contributed by atoms with van der Waals surface area (Å²) in [5.41, 5.74) is 2.18. The van der Waals surface area contributed by atoms with Gasteiger partial charge in [-0.3, -0.25) is 14.4 Å². The zero-order chi connectivity index (χ0) is 26.9. The number of rotatable bonds is 5. The largest absolute Gasteiger partial charge is 0.462 e. The second-order valence-electron chi connectivity index (χ2n) is 13.5. The summed E-state index contributed by atoms with van der Waals surface area (Å²) in [7, 11) is 0. The van der Waals surface area contributed by atoms with Crippen LogP contribution in [0.3, 0.4) is 0 Å². The van der Waals surface area contributed by atoms with Gasteiger partial charge in [0.1, 0.15) is 6.10 Å². The van der Waals surface area contributed by atoms with E-state index < -0.39 is 11.5 Å². The van der Waals surface area contributed by atoms with Crippen LogP contribution in [0, 0.1) is 40.4 Å². The minimum atomic E-state index is -1.07. The number of hydrogen-bond donors (Lipinski definition) is 2. The summed E-state index contributed by atoms with van der Waals surface area (Å²) >= 11 is 0. The van der Waals surface area contributed by atoms with Crippen molar-refractivity contribution in [3.8, 4) is 0 Å². The van der Waals surface area contributed by atoms with Gasteiger partial charge >= 0.3 is 5.97 Å². The Morgan fingerprint density at radius 2 is 1.86 bits per heavy atom. The van der Waals surface area contributed by atoms with Crippen molar-refractivity contribution in [3.63, 3.8) is 0 Å². The molecule has 0 radical (unpaired) electrons. The number of carbonyl (C=O) groups excluding carboxylic acids is 3. The Kier molecular flexibility index (Phi) is 6.53. The molecule has 6 heteroatoms. The van der Waals surface area contributed by atoms with Crippen molar-refractivity contribution in [2.75, 3.05) is 6.54 Å². The molecular formula is C31H45NO5. The molecule has 3 saturated carbocycles. The fourth-order valence-electron chi connectivity index (χ4n) is 9.68. The minimum absolute atomic E-state index is 0.00663. The van der Waals surface area contributed by atoms with E-state index in [9.17, 15) is 19.5 Å². The van der Waals surface area contributed by atoms with Gasteiger partial charge in [0.25, 0.3) is 0 Å². The van der Waals surface area contributed by atoms with Crippen molar-refractivity contribution < 1.29 is 24.2 Å². The summed E-state index contributed by atoms with van der Waals surface area (Å²) in [6.45, 7) is 12.3. The molecule has 0 spiro atoms. The molecule has 0 aromatic carbocycles. The molecule has 0 aliphatic heterocycles. The summed E-state index contributed by atoms with van der Waals surface area (Å²) in [6, 6.07) is 0. The molecular weight excluding hydrogens is 466 g/mol. The minimum Gasteiger partial charge on any atom is -0.462 e. The van der Waals surface area contributed by atoms with Gasteiger partial charge in [-0.1, -0.05) is 32.4 Å². The Hall–Kier alpha value is -1.95. The van der Waals surface area contributed by atoms with Gasteiger partial charge in [0, 0.05) is 26.8 Å². The van der Waals surface area contributed by atoms with Crippen molar-refractivity contribution in [2.45, 2.75) is 105 Å². The average molecular weight is 512 g/mol. The third-order valence-electron chi connectivity index (χ3n) is 11.3. The Labute approximate surface area is 221 Å². The van der Waals surface area contributed by atoms with Crippen LogP contribution in [-0.4, -0.2) is 41.0 Å². The number of fused-ring (bicyclic) bond motifs is 7. The fraction of sp³-hybridized carbons (Fsp3) is 0.774. The lowest BCUT2D eigenvalue weighted by atomic mass is 9.47. The first-order valence-corrected chi connectivity index (χ1v) is 14.4. The molecule has 1 amide bonds. The van der Waals surface area contributed by atoms with E-state index in [1.807, 2.05) is 6.92 Å². The Balaban J connectivity index is 1.42. The van der Waals surface area contributed by atoms with Crippen LogP contribution in [0.15, 0.2) is 22.8 Å². The molecule has 2 N–H and O–H groups in total. The quantitative estimate of drug-likeness (QED) is 0.405. The number of allylic oxidation sites excluding steroid dienone is 2. The number of aliphatic hydroxyl groups is 1. The average Bonchev–Trinajstić information content (AvgIpc) is 3.17. The topological polar surface area (TPSA) is 92.7 Å². The zero-order valence-electron chi connectivity index (χ0n) is 23.5. The van der Waals surface area contributed by atoms with E-state index in [4.69, 9.17) is 4.74 Å². The monoisotopic (exact) mass is 511 g/mol. The number of amides is 1. The molecule has 204 valence electrons. The van der Waals surface area contributed by atoms with E-state index in [1.54, 1.807) is 0 Å². The van der Waals surface area contributed by atoms with Gasteiger partial charge in [0.05, 0.1) is 11.5 Å². The first kappa shape index (κ1) is 26.6. The van der Waals surface area contributed by atoms with Crippen molar-refractivity contribution in [2.24, 2.45) is 40.4 Å². The standard InChI is InChI=1S/C31H45NO5/c1-17(16-32-19(3)33)13-25-27(35)18(2)28-30(6)12-10-24-23(26(30)15-31(25,28)36)8-7-21-14-22(37-20(4)34)9-11-29(21,24)5/h7,17,22-26,36H,8-16H2,1-6H3,(H,32,33)/t17-,22+,23+,24+,25-,26+,29+,30+,31+/m1/s1. The van der Waals surface area contributed by atoms with Gasteiger partial charge in [-0.25, -0.2) is 0 Å². The predicted octanol–water partition coefficient (Wildman–Crippen LogP) is 4.90. The first-order chi connectivity index (χ1) is 17.3. The normalized spacial score (nSPS) is 43.3. The number of carbonyl (C=O) groups is 3. The van der Waals surface area contributed by atoms with E-state index in [-0.39, 0.29) is 40.5 Å². The van der Waals surface area contributed by atoms with Gasteiger partial charge in [-0.15, -0.1) is 0 Å². The van der Waals surface area contributed by atoms with Crippen LogP contribution < -0.4 is 5.32 Å². The van der Waals surface area contributed by atoms with Crippen LogP contribution in [0.25, 0.3) is 0 Å². The number of nitrogens with one attached hydrogen (secondary N) is 1. The Bertz CT molecular complexity index is 1080. The van der Waals surface area contributed by atoms with Crippen LogP contribution in [0.5, 0.6) is 0 Å². The van der Waals surface area contributed by atoms with Gasteiger partial charge < -0.3 is 15.2 Å². The maximum Gasteiger partial charge on any atom is 0.302 e. The molecule has 0 aromatic rings. The first-order valence-electron chi connectivity index (χ1n) is 14.4. The molecule has 0 saturated heterocycles. The lowest BCUT2D eigenvalue weighted by molar-refractivity contribution is -0.148. The summed E-state index contributed by atoms with van der Waals surface area (Å²) < 4.78 is 5.59. The third-order valence-corrected chi connectivity index (χ3v) is 11.3. The maximum atomic E-state index is 13.5. The summed E-state index contributed by atoms with van der Waals surface area (Å²) in [5, 5.41) is 15.2. The van der Waals surface area contributed by atoms with Gasteiger partial charge in [-0.2, -0.15) is 0 Å². The van der Waals surface area contributed by atoms with Crippen LogP contribution in [0.4, 0.5) is 0 Å². The van der Waals surface area contributed by atoms with Crippen molar-refractivity contribution in [1.82, 2.24) is 5.32 Å². The predicted molar refractivity (Wildman–Crippen MR) is 141 cm³/mol. The molecule has 37 heavy (non-hydrogen) atoms. The lowest BCUT2D eigenvalue weighted by Crippen LogP contribution is -2.49. The lowest BCUT2D eigenvalue weighted by Gasteiger charge is -2.57. The van der Waals surface area contributed by atoms with E-state index in [0.29, 0.717) is 37.1 Å². The smallest absolute Gasteiger partial charge is 0.302 e. The van der Waals surface area contributed by atoms with Crippen molar-refractivity contribution >= 4 is 17.7 Å². The number of ether oxygens (including phenoxy) is 1. The molecule has 5 rings (SSSR count). The molecule has 6 nitrogen and oxygen atoms in total. The van der Waals surface area contributed by atoms with Gasteiger partial charge in [0.2, 0.25) is 5.91 Å². The molecule has 0 heterocycles. The number of Topliss-reactive ketones (excluding diaryl/α,β-unsaturated/α-hetero) is 1. The SMILES string of the molecule is CC(=O)NC[C@H](C)C[C@@H]1C(=O)C(C)=C2[C@]1(O)C[C@H]1[C@H]3CC=C4C[C@@H](OC(C)=O)CC[C@]4(C)[C@H]3CC[C@]21C. The maximum absolute atomic E-state index is 13.5. The van der Waals surface area contributed by atoms with Crippen molar-refractivity contribution in [1.29, 1.82) is 0 Å². The molecule has 5 aliphatic carbocycles. The molecule has 0 unspecified atom stereocenters. The van der Waals surface area contributed by atoms with E-state index in [0.717, 1.165) is 49.7 Å². The van der Waals surface area contributed by atoms with Crippen molar-refractivity contribution in [3.05, 3.63) is 22.8 Å². The van der Waals surface area contributed by atoms with Crippen LogP contribution in [0.2, 0.25) is 0 Å². The van der Waals surface area contributed by atoms with E-state index in [1.165, 1.54) is 19.4 Å². The summed E-state index contributed by atoms with van der Waals surface area (Å²) in [4.78, 5) is 36.5. The number of ketones is 1. The summed E-state index contributed by atoms with van der Waals surface area (Å²) in [5.74, 6) is 0.935. The highest BCUT2D eigenvalue weighted by Gasteiger charge is 2.68. The molecule has 3 fully saturated rings. The van der Waals surface area contributed by atoms with Gasteiger partial charge in [0.15, 0.2) is 5.78 Å². The second-order valence-corrected chi connectivity index (χ2v) is 13.5. The highest BCUT2D eigenvalue weighted by Crippen LogP contribution is 2.71. The summed E-state index contributed by atoms with van der Waals surface area (Å²) in [6.07, 6.45) is 9.58. The van der Waals surface area contributed by atoms with Crippen LogP contribution in [-0.2, 0) is 19.1 Å². The molecule has 0 aromatic heterocycles. The fourth-order valence-corrected chi connectivity index (χ4v) is 9.68. The van der Waals surface area contributed by atoms with E-state index in [2.05, 4.69) is 32.2 Å². The highest BCUT2D eigenvalue weighted by molar-refractivity contribution is 6.02. The molecule has 0 bridgehead atoms. The van der Waals surface area contributed by atoms with Crippen LogP contribution in [0.1, 0.15) is 92.9 Å².